The molecule has 0 radical (unpaired) electrons. The SMILES string of the molecule is Cc1ccccc1CC(=O)NCC(c1ccco1)N(C)C. The predicted octanol–water partition coefficient (Wildman–Crippen LogP) is 2.55. The summed E-state index contributed by atoms with van der Waals surface area (Å²) < 4.78 is 5.43. The first kappa shape index (κ1) is 15.3. The molecular formula is C17H22N2O2. The minimum absolute atomic E-state index is 0.0303. The van der Waals surface area contributed by atoms with Crippen molar-refractivity contribution in [2.24, 2.45) is 0 Å². The molecule has 112 valence electrons. The van der Waals surface area contributed by atoms with Gasteiger partial charge in [0.25, 0.3) is 0 Å². The highest BCUT2D eigenvalue weighted by Crippen LogP contribution is 2.17. The van der Waals surface area contributed by atoms with Crippen LogP contribution in [0.4, 0.5) is 0 Å². The van der Waals surface area contributed by atoms with Crippen LogP contribution < -0.4 is 5.32 Å². The van der Waals surface area contributed by atoms with Crippen molar-refractivity contribution in [1.29, 1.82) is 0 Å². The zero-order valence-electron chi connectivity index (χ0n) is 12.8. The van der Waals surface area contributed by atoms with E-state index in [2.05, 4.69) is 5.32 Å². The Morgan fingerprint density at radius 3 is 2.62 bits per heavy atom. The Labute approximate surface area is 125 Å². The molecule has 1 aromatic heterocycles. The summed E-state index contributed by atoms with van der Waals surface area (Å²) in [4.78, 5) is 14.1. The molecule has 1 atom stereocenters. The number of amides is 1. The molecule has 0 bridgehead atoms. The number of rotatable bonds is 6. The second kappa shape index (κ2) is 7.09. The topological polar surface area (TPSA) is 45.5 Å². The van der Waals surface area contributed by atoms with Gasteiger partial charge in [-0.3, -0.25) is 9.69 Å². The summed E-state index contributed by atoms with van der Waals surface area (Å²) in [7, 11) is 3.95. The fourth-order valence-corrected chi connectivity index (χ4v) is 2.27. The van der Waals surface area contributed by atoms with E-state index in [9.17, 15) is 4.79 Å². The van der Waals surface area contributed by atoms with Crippen LogP contribution in [0.2, 0.25) is 0 Å². The van der Waals surface area contributed by atoms with E-state index in [4.69, 9.17) is 4.42 Å². The molecule has 21 heavy (non-hydrogen) atoms. The third-order valence-electron chi connectivity index (χ3n) is 3.60. The summed E-state index contributed by atoms with van der Waals surface area (Å²) in [5.74, 6) is 0.888. The smallest absolute Gasteiger partial charge is 0.224 e. The normalized spacial score (nSPS) is 12.4. The molecule has 0 aliphatic carbocycles. The number of hydrogen-bond acceptors (Lipinski definition) is 3. The van der Waals surface area contributed by atoms with Crippen LogP contribution in [0.25, 0.3) is 0 Å². The van der Waals surface area contributed by atoms with E-state index >= 15 is 0 Å². The first-order chi connectivity index (χ1) is 10.1. The number of furan rings is 1. The molecule has 0 saturated heterocycles. The molecule has 1 aromatic carbocycles. The fourth-order valence-electron chi connectivity index (χ4n) is 2.27. The number of nitrogens with one attached hydrogen (secondary N) is 1. The third kappa shape index (κ3) is 4.20. The predicted molar refractivity (Wildman–Crippen MR) is 83.0 cm³/mol. The van der Waals surface area contributed by atoms with E-state index in [1.807, 2.05) is 62.3 Å². The average Bonchev–Trinajstić information content (AvgIpc) is 2.95. The standard InChI is InChI=1S/C17H22N2O2/c1-13-7-4-5-8-14(13)11-17(20)18-12-15(19(2)3)16-9-6-10-21-16/h4-10,15H,11-12H2,1-3H3,(H,18,20). The molecular weight excluding hydrogens is 264 g/mol. The van der Waals surface area contributed by atoms with Gasteiger partial charge in [-0.05, 0) is 44.3 Å². The molecule has 1 N–H and O–H groups in total. The van der Waals surface area contributed by atoms with E-state index in [1.54, 1.807) is 6.26 Å². The van der Waals surface area contributed by atoms with Gasteiger partial charge in [-0.1, -0.05) is 24.3 Å². The van der Waals surface area contributed by atoms with E-state index in [0.717, 1.165) is 16.9 Å². The molecule has 2 rings (SSSR count). The minimum atomic E-state index is 0.0303. The van der Waals surface area contributed by atoms with Crippen LogP contribution in [-0.2, 0) is 11.2 Å². The zero-order valence-corrected chi connectivity index (χ0v) is 12.8. The summed E-state index contributed by atoms with van der Waals surface area (Å²) in [6.07, 6.45) is 2.06. The maximum Gasteiger partial charge on any atom is 0.224 e. The highest BCUT2D eigenvalue weighted by atomic mass is 16.3. The lowest BCUT2D eigenvalue weighted by atomic mass is 10.1. The van der Waals surface area contributed by atoms with Crippen LogP contribution in [0.1, 0.15) is 22.9 Å². The number of aryl methyl sites for hydroxylation is 1. The van der Waals surface area contributed by atoms with Gasteiger partial charge in [0, 0.05) is 6.54 Å². The number of carbonyl (C=O) groups excluding carboxylic acids is 1. The van der Waals surface area contributed by atoms with Gasteiger partial charge in [0.05, 0.1) is 18.7 Å². The average molecular weight is 286 g/mol. The molecule has 0 saturated carbocycles. The van der Waals surface area contributed by atoms with Crippen molar-refractivity contribution in [3.8, 4) is 0 Å². The summed E-state index contributed by atoms with van der Waals surface area (Å²) in [6.45, 7) is 2.55. The van der Waals surface area contributed by atoms with Crippen LogP contribution in [0.3, 0.4) is 0 Å². The Kier molecular flexibility index (Phi) is 5.17. The molecule has 4 nitrogen and oxygen atoms in total. The van der Waals surface area contributed by atoms with Gasteiger partial charge in [0.15, 0.2) is 0 Å². The minimum Gasteiger partial charge on any atom is -0.468 e. The highest BCUT2D eigenvalue weighted by Gasteiger charge is 2.17. The number of hydrogen-bond donors (Lipinski definition) is 1. The molecule has 1 amide bonds. The molecule has 1 unspecified atom stereocenters. The maximum absolute atomic E-state index is 12.1. The molecule has 1 heterocycles. The van der Waals surface area contributed by atoms with Gasteiger partial charge in [-0.25, -0.2) is 0 Å². The van der Waals surface area contributed by atoms with Gasteiger partial charge in [0.1, 0.15) is 5.76 Å². The van der Waals surface area contributed by atoms with E-state index in [1.165, 1.54) is 0 Å². The van der Waals surface area contributed by atoms with Crippen LogP contribution in [0.15, 0.2) is 47.1 Å². The number of nitrogens with zero attached hydrogens (tertiary/aromatic N) is 1. The summed E-state index contributed by atoms with van der Waals surface area (Å²) >= 11 is 0. The molecule has 2 aromatic rings. The quantitative estimate of drug-likeness (QED) is 0.887. The second-order valence-electron chi connectivity index (χ2n) is 5.40. The number of benzene rings is 1. The zero-order chi connectivity index (χ0) is 15.2. The largest absolute Gasteiger partial charge is 0.468 e. The van der Waals surface area contributed by atoms with Gasteiger partial charge >= 0.3 is 0 Å². The van der Waals surface area contributed by atoms with E-state index in [0.29, 0.717) is 13.0 Å². The van der Waals surface area contributed by atoms with Crippen molar-refractivity contribution in [3.63, 3.8) is 0 Å². The summed E-state index contributed by atoms with van der Waals surface area (Å²) in [5, 5.41) is 2.99. The van der Waals surface area contributed by atoms with Gasteiger partial charge in [-0.15, -0.1) is 0 Å². The molecule has 4 heteroatoms. The monoisotopic (exact) mass is 286 g/mol. The summed E-state index contributed by atoms with van der Waals surface area (Å²) in [5.41, 5.74) is 2.21. The fraction of sp³-hybridized carbons (Fsp3) is 0.353. The van der Waals surface area contributed by atoms with Crippen LogP contribution in [0, 0.1) is 6.92 Å². The molecule has 0 aliphatic heterocycles. The molecule has 0 fully saturated rings. The Morgan fingerprint density at radius 1 is 1.24 bits per heavy atom. The lowest BCUT2D eigenvalue weighted by Crippen LogP contribution is -2.35. The molecule has 0 spiro atoms. The van der Waals surface area contributed by atoms with E-state index in [-0.39, 0.29) is 11.9 Å². The van der Waals surface area contributed by atoms with Gasteiger partial charge < -0.3 is 9.73 Å². The first-order valence-electron chi connectivity index (χ1n) is 7.09. The van der Waals surface area contributed by atoms with Crippen LogP contribution in [-0.4, -0.2) is 31.4 Å². The van der Waals surface area contributed by atoms with E-state index < -0.39 is 0 Å². The van der Waals surface area contributed by atoms with Crippen LogP contribution in [0.5, 0.6) is 0 Å². The lowest BCUT2D eigenvalue weighted by molar-refractivity contribution is -0.120. The summed E-state index contributed by atoms with van der Waals surface area (Å²) in [6, 6.07) is 11.8. The van der Waals surface area contributed by atoms with Crippen molar-refractivity contribution < 1.29 is 9.21 Å². The third-order valence-corrected chi connectivity index (χ3v) is 3.60. The second-order valence-corrected chi connectivity index (χ2v) is 5.40. The Morgan fingerprint density at radius 2 is 2.00 bits per heavy atom. The number of carbonyl (C=O) groups is 1. The van der Waals surface area contributed by atoms with Crippen molar-refractivity contribution in [2.45, 2.75) is 19.4 Å². The number of likely N-dealkylation sites (N-methyl/N-ethyl adjacent to an activating group) is 1. The Hall–Kier alpha value is -2.07. The van der Waals surface area contributed by atoms with Gasteiger partial charge in [-0.2, -0.15) is 0 Å². The Bertz CT molecular complexity index is 576. The van der Waals surface area contributed by atoms with Crippen molar-refractivity contribution in [2.75, 3.05) is 20.6 Å². The first-order valence-corrected chi connectivity index (χ1v) is 7.09. The van der Waals surface area contributed by atoms with Crippen molar-refractivity contribution in [3.05, 3.63) is 59.5 Å². The van der Waals surface area contributed by atoms with Crippen molar-refractivity contribution in [1.82, 2.24) is 10.2 Å². The van der Waals surface area contributed by atoms with Crippen LogP contribution >= 0.6 is 0 Å². The molecule has 0 aliphatic rings. The lowest BCUT2D eigenvalue weighted by Gasteiger charge is -2.22. The van der Waals surface area contributed by atoms with Gasteiger partial charge in [0.2, 0.25) is 5.91 Å². The Balaban J connectivity index is 1.92. The highest BCUT2D eigenvalue weighted by molar-refractivity contribution is 5.78. The maximum atomic E-state index is 12.1. The van der Waals surface area contributed by atoms with Crippen molar-refractivity contribution >= 4 is 5.91 Å².